The highest BCUT2D eigenvalue weighted by molar-refractivity contribution is 5.68. The van der Waals surface area contributed by atoms with E-state index in [0.717, 1.165) is 25.2 Å². The number of rotatable bonds is 2. The minimum Gasteiger partial charge on any atom is -0.444 e. The maximum atomic E-state index is 12.1. The van der Waals surface area contributed by atoms with Crippen LogP contribution < -0.4 is 5.32 Å². The molecule has 0 unspecified atom stereocenters. The van der Waals surface area contributed by atoms with Gasteiger partial charge in [-0.15, -0.1) is 0 Å². The Labute approximate surface area is 120 Å². The second-order valence-corrected chi connectivity index (χ2v) is 6.12. The molecule has 20 heavy (non-hydrogen) atoms. The van der Waals surface area contributed by atoms with E-state index in [9.17, 15) is 4.79 Å². The fourth-order valence-corrected chi connectivity index (χ4v) is 2.24. The van der Waals surface area contributed by atoms with Gasteiger partial charge in [0.15, 0.2) is 0 Å². The molecule has 1 amide bonds. The van der Waals surface area contributed by atoms with Gasteiger partial charge < -0.3 is 15.0 Å². The van der Waals surface area contributed by atoms with Crippen LogP contribution in [-0.4, -0.2) is 40.7 Å². The summed E-state index contributed by atoms with van der Waals surface area (Å²) >= 11 is 0. The van der Waals surface area contributed by atoms with E-state index in [4.69, 9.17) is 4.74 Å². The monoisotopic (exact) mass is 277 g/mol. The van der Waals surface area contributed by atoms with Crippen molar-refractivity contribution in [1.82, 2.24) is 9.88 Å². The van der Waals surface area contributed by atoms with Crippen molar-refractivity contribution >= 4 is 11.9 Å². The number of carbonyl (C=O) groups is 1. The molecule has 0 radical (unpaired) electrons. The number of ether oxygens (including phenoxy) is 1. The van der Waals surface area contributed by atoms with Crippen LogP contribution in [-0.2, 0) is 4.74 Å². The van der Waals surface area contributed by atoms with Crippen molar-refractivity contribution in [3.8, 4) is 0 Å². The summed E-state index contributed by atoms with van der Waals surface area (Å²) in [5.41, 5.74) is -0.446. The second kappa shape index (κ2) is 6.11. The number of pyridine rings is 1. The van der Waals surface area contributed by atoms with Crippen molar-refractivity contribution in [3.63, 3.8) is 0 Å². The Balaban J connectivity index is 1.90. The Kier molecular flexibility index (Phi) is 4.47. The Morgan fingerprint density at radius 3 is 2.90 bits per heavy atom. The van der Waals surface area contributed by atoms with Gasteiger partial charge in [-0.2, -0.15) is 0 Å². The predicted molar refractivity (Wildman–Crippen MR) is 78.7 cm³/mol. The number of piperidine rings is 1. The molecule has 1 aromatic rings. The Hall–Kier alpha value is -1.78. The molecule has 2 rings (SSSR count). The van der Waals surface area contributed by atoms with Gasteiger partial charge in [-0.05, 0) is 45.7 Å². The second-order valence-electron chi connectivity index (χ2n) is 6.12. The third-order valence-corrected chi connectivity index (χ3v) is 3.09. The first kappa shape index (κ1) is 14.6. The number of hydrogen-bond donors (Lipinski definition) is 1. The SMILES string of the molecule is CC(C)(C)OC(=O)N1CCC[C@@H](Nc2ccccn2)C1. The predicted octanol–water partition coefficient (Wildman–Crippen LogP) is 2.89. The van der Waals surface area contributed by atoms with Crippen LogP contribution in [0.25, 0.3) is 0 Å². The van der Waals surface area contributed by atoms with E-state index in [2.05, 4.69) is 10.3 Å². The molecule has 1 saturated heterocycles. The van der Waals surface area contributed by atoms with Crippen molar-refractivity contribution in [3.05, 3.63) is 24.4 Å². The Bertz CT molecular complexity index is 442. The number of likely N-dealkylation sites (tertiary alicyclic amines) is 1. The summed E-state index contributed by atoms with van der Waals surface area (Å²) in [5.74, 6) is 0.850. The summed E-state index contributed by atoms with van der Waals surface area (Å²) < 4.78 is 5.42. The van der Waals surface area contributed by atoms with E-state index >= 15 is 0 Å². The lowest BCUT2D eigenvalue weighted by Gasteiger charge is -2.34. The summed E-state index contributed by atoms with van der Waals surface area (Å²) in [5, 5.41) is 3.37. The third-order valence-electron chi connectivity index (χ3n) is 3.09. The molecule has 5 nitrogen and oxygen atoms in total. The minimum absolute atomic E-state index is 0.228. The standard InChI is InChI=1S/C15H23N3O2/c1-15(2,3)20-14(19)18-10-6-7-12(11-18)17-13-8-4-5-9-16-13/h4-5,8-9,12H,6-7,10-11H2,1-3H3,(H,16,17)/t12-/m1/s1. The van der Waals surface area contributed by atoms with Crippen LogP contribution in [0.2, 0.25) is 0 Å². The van der Waals surface area contributed by atoms with Gasteiger partial charge in [-0.3, -0.25) is 0 Å². The van der Waals surface area contributed by atoms with Crippen LogP contribution in [0, 0.1) is 0 Å². The number of nitrogens with zero attached hydrogens (tertiary/aromatic N) is 2. The highest BCUT2D eigenvalue weighted by atomic mass is 16.6. The Morgan fingerprint density at radius 1 is 1.45 bits per heavy atom. The zero-order chi connectivity index (χ0) is 14.6. The average molecular weight is 277 g/mol. The largest absolute Gasteiger partial charge is 0.444 e. The molecule has 1 aliphatic heterocycles. The highest BCUT2D eigenvalue weighted by Gasteiger charge is 2.27. The van der Waals surface area contributed by atoms with Crippen molar-refractivity contribution in [2.24, 2.45) is 0 Å². The van der Waals surface area contributed by atoms with E-state index in [1.807, 2.05) is 39.0 Å². The first-order chi connectivity index (χ1) is 9.44. The van der Waals surface area contributed by atoms with E-state index < -0.39 is 5.60 Å². The molecule has 110 valence electrons. The van der Waals surface area contributed by atoms with Crippen molar-refractivity contribution in [2.75, 3.05) is 18.4 Å². The molecule has 5 heteroatoms. The number of amides is 1. The molecule has 1 atom stereocenters. The zero-order valence-corrected chi connectivity index (χ0v) is 12.4. The van der Waals surface area contributed by atoms with E-state index in [1.165, 1.54) is 0 Å². The van der Waals surface area contributed by atoms with E-state index in [0.29, 0.717) is 6.54 Å². The summed E-state index contributed by atoms with van der Waals surface area (Å²) in [4.78, 5) is 18.1. The number of hydrogen-bond acceptors (Lipinski definition) is 4. The van der Waals surface area contributed by atoms with Gasteiger partial charge in [-0.1, -0.05) is 6.07 Å². The molecular formula is C15H23N3O2. The van der Waals surface area contributed by atoms with E-state index in [-0.39, 0.29) is 12.1 Å². The fraction of sp³-hybridized carbons (Fsp3) is 0.600. The topological polar surface area (TPSA) is 54.5 Å². The first-order valence-corrected chi connectivity index (χ1v) is 7.09. The van der Waals surface area contributed by atoms with Crippen LogP contribution in [0.1, 0.15) is 33.6 Å². The lowest BCUT2D eigenvalue weighted by molar-refractivity contribution is 0.0206. The molecule has 1 aromatic heterocycles. The van der Waals surface area contributed by atoms with Gasteiger partial charge in [0.05, 0.1) is 0 Å². The lowest BCUT2D eigenvalue weighted by Crippen LogP contribution is -2.47. The van der Waals surface area contributed by atoms with Crippen LogP contribution in [0.4, 0.5) is 10.6 Å². The number of carbonyl (C=O) groups excluding carboxylic acids is 1. The van der Waals surface area contributed by atoms with E-state index in [1.54, 1.807) is 11.1 Å². The average Bonchev–Trinajstić information content (AvgIpc) is 2.38. The molecular weight excluding hydrogens is 254 g/mol. The zero-order valence-electron chi connectivity index (χ0n) is 12.4. The molecule has 1 fully saturated rings. The molecule has 0 aromatic carbocycles. The van der Waals surface area contributed by atoms with Crippen LogP contribution in [0.15, 0.2) is 24.4 Å². The van der Waals surface area contributed by atoms with Gasteiger partial charge >= 0.3 is 6.09 Å². The third kappa shape index (κ3) is 4.40. The molecule has 1 N–H and O–H groups in total. The summed E-state index contributed by atoms with van der Waals surface area (Å²) in [6.45, 7) is 7.08. The molecule has 0 saturated carbocycles. The molecule has 1 aliphatic rings. The maximum Gasteiger partial charge on any atom is 0.410 e. The highest BCUT2D eigenvalue weighted by Crippen LogP contribution is 2.17. The minimum atomic E-state index is -0.446. The van der Waals surface area contributed by atoms with Gasteiger partial charge in [0, 0.05) is 25.3 Å². The van der Waals surface area contributed by atoms with Crippen LogP contribution >= 0.6 is 0 Å². The molecule has 0 bridgehead atoms. The quantitative estimate of drug-likeness (QED) is 0.903. The van der Waals surface area contributed by atoms with Crippen molar-refractivity contribution in [2.45, 2.75) is 45.3 Å². The van der Waals surface area contributed by atoms with Gasteiger partial charge in [0.25, 0.3) is 0 Å². The Morgan fingerprint density at radius 2 is 2.25 bits per heavy atom. The van der Waals surface area contributed by atoms with Crippen LogP contribution in [0.3, 0.4) is 0 Å². The summed E-state index contributed by atoms with van der Waals surface area (Å²) in [6.07, 6.45) is 3.54. The number of nitrogens with one attached hydrogen (secondary N) is 1. The van der Waals surface area contributed by atoms with Gasteiger partial charge in [0.1, 0.15) is 11.4 Å². The van der Waals surface area contributed by atoms with Crippen molar-refractivity contribution in [1.29, 1.82) is 0 Å². The normalized spacial score (nSPS) is 19.6. The maximum absolute atomic E-state index is 12.1. The van der Waals surface area contributed by atoms with Crippen LogP contribution in [0.5, 0.6) is 0 Å². The lowest BCUT2D eigenvalue weighted by atomic mass is 10.1. The van der Waals surface area contributed by atoms with Gasteiger partial charge in [0.2, 0.25) is 0 Å². The fourth-order valence-electron chi connectivity index (χ4n) is 2.24. The summed E-state index contributed by atoms with van der Waals surface area (Å²) in [6, 6.07) is 6.00. The molecule has 0 spiro atoms. The van der Waals surface area contributed by atoms with Crippen molar-refractivity contribution < 1.29 is 9.53 Å². The van der Waals surface area contributed by atoms with Gasteiger partial charge in [-0.25, -0.2) is 9.78 Å². The smallest absolute Gasteiger partial charge is 0.410 e. The number of aromatic nitrogens is 1. The molecule has 2 heterocycles. The first-order valence-electron chi connectivity index (χ1n) is 7.09. The number of anilines is 1. The summed E-state index contributed by atoms with van der Waals surface area (Å²) in [7, 11) is 0. The molecule has 0 aliphatic carbocycles.